The highest BCUT2D eigenvalue weighted by Crippen LogP contribution is 2.33. The van der Waals surface area contributed by atoms with Crippen molar-refractivity contribution in [1.29, 1.82) is 0 Å². The second kappa shape index (κ2) is 5.69. The topological polar surface area (TPSA) is 96.6 Å². The fraction of sp³-hybridized carbons (Fsp3) is 0.333. The summed E-state index contributed by atoms with van der Waals surface area (Å²) in [6.45, 7) is 1.86. The molecule has 116 valence electrons. The molecular formula is C15H17N3O4. The van der Waals surface area contributed by atoms with E-state index in [0.717, 1.165) is 31.6 Å². The van der Waals surface area contributed by atoms with Crippen LogP contribution in [0.25, 0.3) is 0 Å². The molecule has 7 heteroatoms. The van der Waals surface area contributed by atoms with Crippen LogP contribution in [0.3, 0.4) is 0 Å². The predicted octanol–water partition coefficient (Wildman–Crippen LogP) is 1.31. The summed E-state index contributed by atoms with van der Waals surface area (Å²) in [7, 11) is 0. The van der Waals surface area contributed by atoms with E-state index in [0.29, 0.717) is 5.69 Å². The summed E-state index contributed by atoms with van der Waals surface area (Å²) < 4.78 is 0. The summed E-state index contributed by atoms with van der Waals surface area (Å²) in [6, 6.07) is 7.47. The number of para-hydroxylation sites is 2. The van der Waals surface area contributed by atoms with Gasteiger partial charge in [0.15, 0.2) is 11.8 Å². The number of carboxylic acids is 1. The first-order valence-electron chi connectivity index (χ1n) is 7.11. The second-order valence-corrected chi connectivity index (χ2v) is 5.27. The van der Waals surface area contributed by atoms with Gasteiger partial charge in [-0.2, -0.15) is 5.10 Å². The van der Waals surface area contributed by atoms with Gasteiger partial charge in [-0.3, -0.25) is 0 Å². The zero-order valence-electron chi connectivity index (χ0n) is 11.9. The Morgan fingerprint density at radius 3 is 2.45 bits per heavy atom. The van der Waals surface area contributed by atoms with Gasteiger partial charge in [0.1, 0.15) is 5.76 Å². The summed E-state index contributed by atoms with van der Waals surface area (Å²) in [5, 5.41) is 33.8. The van der Waals surface area contributed by atoms with Crippen molar-refractivity contribution in [3.63, 3.8) is 0 Å². The van der Waals surface area contributed by atoms with Crippen LogP contribution in [0.4, 0.5) is 11.4 Å². The largest absolute Gasteiger partial charge is 0.507 e. The number of anilines is 2. The number of aliphatic hydroxyl groups excluding tert-OH is 2. The minimum atomic E-state index is -1.60. The SMILES string of the molecule is O=C(O)C1=NN(c2ccccc2N2CCCC2)C=C(O)C1O. The molecule has 1 saturated heterocycles. The van der Waals surface area contributed by atoms with E-state index in [-0.39, 0.29) is 0 Å². The third kappa shape index (κ3) is 2.50. The van der Waals surface area contributed by atoms with Crippen molar-refractivity contribution >= 4 is 23.1 Å². The highest BCUT2D eigenvalue weighted by atomic mass is 16.4. The van der Waals surface area contributed by atoms with E-state index in [2.05, 4.69) is 10.0 Å². The zero-order chi connectivity index (χ0) is 15.7. The molecule has 2 heterocycles. The van der Waals surface area contributed by atoms with E-state index in [1.54, 1.807) is 6.07 Å². The van der Waals surface area contributed by atoms with Crippen molar-refractivity contribution in [2.24, 2.45) is 5.10 Å². The highest BCUT2D eigenvalue weighted by Gasteiger charge is 2.30. The Morgan fingerprint density at radius 2 is 1.82 bits per heavy atom. The summed E-state index contributed by atoms with van der Waals surface area (Å²) >= 11 is 0. The molecular weight excluding hydrogens is 286 g/mol. The number of carboxylic acid groups (broad SMARTS) is 1. The zero-order valence-corrected chi connectivity index (χ0v) is 11.9. The van der Waals surface area contributed by atoms with E-state index in [4.69, 9.17) is 5.11 Å². The Kier molecular flexibility index (Phi) is 3.72. The third-order valence-electron chi connectivity index (χ3n) is 3.80. The Labute approximate surface area is 127 Å². The molecule has 1 unspecified atom stereocenters. The molecule has 1 aromatic carbocycles. The molecule has 1 atom stereocenters. The third-order valence-corrected chi connectivity index (χ3v) is 3.80. The van der Waals surface area contributed by atoms with Gasteiger partial charge in [0, 0.05) is 13.1 Å². The first-order chi connectivity index (χ1) is 10.6. The van der Waals surface area contributed by atoms with Gasteiger partial charge >= 0.3 is 5.97 Å². The lowest BCUT2D eigenvalue weighted by Gasteiger charge is -2.28. The normalized spacial score (nSPS) is 21.6. The van der Waals surface area contributed by atoms with Crippen molar-refractivity contribution in [3.8, 4) is 0 Å². The predicted molar refractivity (Wildman–Crippen MR) is 82.2 cm³/mol. The average Bonchev–Trinajstić information content (AvgIpc) is 3.04. The first-order valence-corrected chi connectivity index (χ1v) is 7.11. The fourth-order valence-electron chi connectivity index (χ4n) is 2.70. The maximum Gasteiger partial charge on any atom is 0.355 e. The summed E-state index contributed by atoms with van der Waals surface area (Å²) in [6.07, 6.45) is 1.86. The van der Waals surface area contributed by atoms with Gasteiger partial charge in [-0.1, -0.05) is 12.1 Å². The lowest BCUT2D eigenvalue weighted by atomic mass is 10.1. The molecule has 1 aromatic rings. The number of hydrogen-bond donors (Lipinski definition) is 3. The van der Waals surface area contributed by atoms with Crippen molar-refractivity contribution in [3.05, 3.63) is 36.2 Å². The molecule has 3 N–H and O–H groups in total. The van der Waals surface area contributed by atoms with Crippen molar-refractivity contribution in [1.82, 2.24) is 0 Å². The summed E-state index contributed by atoms with van der Waals surface area (Å²) in [5.41, 5.74) is 1.09. The molecule has 2 aliphatic rings. The first kappa shape index (κ1) is 14.4. The number of hydrazone groups is 1. The molecule has 2 aliphatic heterocycles. The quantitative estimate of drug-likeness (QED) is 0.779. The molecule has 22 heavy (non-hydrogen) atoms. The molecule has 0 bridgehead atoms. The molecule has 1 fully saturated rings. The lowest BCUT2D eigenvalue weighted by molar-refractivity contribution is -0.129. The van der Waals surface area contributed by atoms with E-state index >= 15 is 0 Å². The number of nitrogens with zero attached hydrogens (tertiary/aromatic N) is 3. The number of benzene rings is 1. The molecule has 0 spiro atoms. The monoisotopic (exact) mass is 303 g/mol. The highest BCUT2D eigenvalue weighted by molar-refractivity contribution is 6.38. The number of aliphatic carboxylic acids is 1. The Balaban J connectivity index is 2.02. The van der Waals surface area contributed by atoms with E-state index < -0.39 is 23.5 Å². The maximum absolute atomic E-state index is 11.2. The Morgan fingerprint density at radius 1 is 1.18 bits per heavy atom. The van der Waals surface area contributed by atoms with Crippen LogP contribution in [-0.4, -0.2) is 46.2 Å². The standard InChI is InChI=1S/C15H17N3O4/c19-12-9-18(16-13(14(12)20)15(21)22)11-6-2-1-5-10(11)17-7-3-4-8-17/h1-2,5-6,9,14,19-20H,3-4,7-8H2,(H,21,22). The number of carbonyl (C=O) groups is 1. The number of aliphatic hydroxyl groups is 2. The Bertz CT molecular complexity index is 650. The van der Waals surface area contributed by atoms with Gasteiger partial charge in [-0.25, -0.2) is 9.80 Å². The van der Waals surface area contributed by atoms with E-state index in [1.165, 1.54) is 11.2 Å². The fourth-order valence-corrected chi connectivity index (χ4v) is 2.70. The molecule has 0 radical (unpaired) electrons. The number of rotatable bonds is 3. The van der Waals surface area contributed by atoms with Crippen LogP contribution in [0.1, 0.15) is 12.8 Å². The summed E-state index contributed by atoms with van der Waals surface area (Å²) in [4.78, 5) is 13.4. The van der Waals surface area contributed by atoms with E-state index in [9.17, 15) is 15.0 Å². The molecule has 3 rings (SSSR count). The molecule has 0 amide bonds. The molecule has 7 nitrogen and oxygen atoms in total. The second-order valence-electron chi connectivity index (χ2n) is 5.27. The van der Waals surface area contributed by atoms with Crippen LogP contribution in [0, 0.1) is 0 Å². The number of hydrogen-bond acceptors (Lipinski definition) is 6. The molecule has 0 saturated carbocycles. The van der Waals surface area contributed by atoms with Crippen LogP contribution in [0.15, 0.2) is 41.3 Å². The minimum Gasteiger partial charge on any atom is -0.507 e. The molecule has 0 aromatic heterocycles. The lowest BCUT2D eigenvalue weighted by Crippen LogP contribution is -2.37. The van der Waals surface area contributed by atoms with Crippen LogP contribution in [-0.2, 0) is 4.79 Å². The van der Waals surface area contributed by atoms with Crippen LogP contribution >= 0.6 is 0 Å². The van der Waals surface area contributed by atoms with E-state index in [1.807, 2.05) is 18.2 Å². The van der Waals surface area contributed by atoms with Gasteiger partial charge in [-0.15, -0.1) is 0 Å². The Hall–Kier alpha value is -2.54. The van der Waals surface area contributed by atoms with Gasteiger partial charge in [-0.05, 0) is 25.0 Å². The van der Waals surface area contributed by atoms with Crippen LogP contribution < -0.4 is 9.91 Å². The smallest absolute Gasteiger partial charge is 0.355 e. The van der Waals surface area contributed by atoms with Crippen molar-refractivity contribution in [2.75, 3.05) is 23.0 Å². The molecule has 0 aliphatic carbocycles. The van der Waals surface area contributed by atoms with Gasteiger partial charge in [0.2, 0.25) is 0 Å². The van der Waals surface area contributed by atoms with Crippen molar-refractivity contribution in [2.45, 2.75) is 18.9 Å². The van der Waals surface area contributed by atoms with Crippen LogP contribution in [0.2, 0.25) is 0 Å². The van der Waals surface area contributed by atoms with Crippen LogP contribution in [0.5, 0.6) is 0 Å². The van der Waals surface area contributed by atoms with Crippen molar-refractivity contribution < 1.29 is 20.1 Å². The average molecular weight is 303 g/mol. The van der Waals surface area contributed by atoms with Gasteiger partial charge in [0.25, 0.3) is 0 Å². The minimum absolute atomic E-state index is 0.441. The maximum atomic E-state index is 11.2. The van der Waals surface area contributed by atoms with Gasteiger partial charge in [0.05, 0.1) is 17.6 Å². The van der Waals surface area contributed by atoms with Gasteiger partial charge < -0.3 is 20.2 Å². The summed E-state index contributed by atoms with van der Waals surface area (Å²) in [5.74, 6) is -1.81.